The Morgan fingerprint density at radius 2 is 1.90 bits per heavy atom. The predicted molar refractivity (Wildman–Crippen MR) is 117 cm³/mol. The lowest BCUT2D eigenvalue weighted by Gasteiger charge is -2.29. The molecule has 1 aromatic carbocycles. The Balaban J connectivity index is 1.18. The van der Waals surface area contributed by atoms with Crippen molar-refractivity contribution in [1.82, 2.24) is 10.6 Å². The first-order chi connectivity index (χ1) is 14.6. The third-order valence-electron chi connectivity index (χ3n) is 6.97. The highest BCUT2D eigenvalue weighted by molar-refractivity contribution is 5.81. The number of fused-ring (bicyclic) bond motifs is 1. The standard InChI is InChI=1S/C24H35N3O3/c1-27-12-2-4-20-14-18(8-11-21(20)27)16-25-23(28)19-9-6-17(7-10-19)15-26-24(29)22-5-3-13-30-22/h8,11,14,17,19,22H,2-7,9-10,12-13,15-16H2,1H3,(H,25,28)(H,26,29)/t17?,19?,22-/m0/s1. The molecule has 4 rings (SSSR count). The Kier molecular flexibility index (Phi) is 6.93. The van der Waals surface area contributed by atoms with E-state index in [-0.39, 0.29) is 23.8 Å². The number of benzene rings is 1. The van der Waals surface area contributed by atoms with Gasteiger partial charge >= 0.3 is 0 Å². The molecule has 0 unspecified atom stereocenters. The minimum Gasteiger partial charge on any atom is -0.374 e. The lowest BCUT2D eigenvalue weighted by molar-refractivity contribution is -0.130. The summed E-state index contributed by atoms with van der Waals surface area (Å²) in [6.45, 7) is 3.12. The minimum atomic E-state index is -0.254. The molecule has 164 valence electrons. The zero-order valence-electron chi connectivity index (χ0n) is 18.1. The van der Waals surface area contributed by atoms with Gasteiger partial charge in [0, 0.05) is 44.9 Å². The smallest absolute Gasteiger partial charge is 0.249 e. The van der Waals surface area contributed by atoms with E-state index in [0.29, 0.717) is 25.6 Å². The summed E-state index contributed by atoms with van der Waals surface area (Å²) in [5.74, 6) is 0.770. The average molecular weight is 414 g/mol. The number of aryl methyl sites for hydroxylation is 1. The summed E-state index contributed by atoms with van der Waals surface area (Å²) in [5, 5.41) is 6.20. The molecule has 2 heterocycles. The third kappa shape index (κ3) is 5.15. The molecule has 1 atom stereocenters. The van der Waals surface area contributed by atoms with Crippen molar-refractivity contribution in [1.29, 1.82) is 0 Å². The van der Waals surface area contributed by atoms with Crippen LogP contribution in [-0.2, 0) is 27.3 Å². The summed E-state index contributed by atoms with van der Waals surface area (Å²) < 4.78 is 5.44. The molecule has 6 heteroatoms. The Labute approximate surface area is 179 Å². The molecule has 6 nitrogen and oxygen atoms in total. The summed E-state index contributed by atoms with van der Waals surface area (Å²) in [5.41, 5.74) is 3.89. The van der Waals surface area contributed by atoms with Gasteiger partial charge in [-0.15, -0.1) is 0 Å². The van der Waals surface area contributed by atoms with Gasteiger partial charge < -0.3 is 20.3 Å². The van der Waals surface area contributed by atoms with Crippen molar-refractivity contribution >= 4 is 17.5 Å². The summed E-state index contributed by atoms with van der Waals surface area (Å²) in [6, 6.07) is 6.57. The van der Waals surface area contributed by atoms with E-state index in [0.717, 1.165) is 51.5 Å². The van der Waals surface area contributed by atoms with Crippen LogP contribution in [0.3, 0.4) is 0 Å². The van der Waals surface area contributed by atoms with Crippen molar-refractivity contribution in [2.24, 2.45) is 11.8 Å². The molecule has 1 aliphatic carbocycles. The number of hydrogen-bond acceptors (Lipinski definition) is 4. The number of ether oxygens (including phenoxy) is 1. The first-order valence-corrected chi connectivity index (χ1v) is 11.6. The molecule has 1 saturated heterocycles. The summed E-state index contributed by atoms with van der Waals surface area (Å²) in [6.07, 6.45) is 7.66. The molecular weight excluding hydrogens is 378 g/mol. The fourth-order valence-corrected chi connectivity index (χ4v) is 5.05. The lowest BCUT2D eigenvalue weighted by Crippen LogP contribution is -2.39. The number of hydrogen-bond donors (Lipinski definition) is 2. The monoisotopic (exact) mass is 413 g/mol. The molecule has 0 aromatic heterocycles. The average Bonchev–Trinajstić information content (AvgIpc) is 3.31. The normalized spacial score (nSPS) is 26.2. The van der Waals surface area contributed by atoms with Crippen molar-refractivity contribution in [2.75, 3.05) is 31.6 Å². The molecule has 0 bridgehead atoms. The quantitative estimate of drug-likeness (QED) is 0.752. The summed E-state index contributed by atoms with van der Waals surface area (Å²) in [7, 11) is 2.14. The Hall–Kier alpha value is -2.08. The number of nitrogens with zero attached hydrogens (tertiary/aromatic N) is 1. The van der Waals surface area contributed by atoms with E-state index in [4.69, 9.17) is 4.74 Å². The van der Waals surface area contributed by atoms with E-state index >= 15 is 0 Å². The second kappa shape index (κ2) is 9.82. The summed E-state index contributed by atoms with van der Waals surface area (Å²) >= 11 is 0. The van der Waals surface area contributed by atoms with Gasteiger partial charge in [-0.05, 0) is 74.5 Å². The number of amides is 2. The number of nitrogens with one attached hydrogen (secondary N) is 2. The van der Waals surface area contributed by atoms with Gasteiger partial charge in [-0.1, -0.05) is 12.1 Å². The van der Waals surface area contributed by atoms with Gasteiger partial charge in [-0.3, -0.25) is 9.59 Å². The van der Waals surface area contributed by atoms with E-state index in [1.54, 1.807) is 0 Å². The van der Waals surface area contributed by atoms with Crippen molar-refractivity contribution < 1.29 is 14.3 Å². The van der Waals surface area contributed by atoms with Crippen LogP contribution in [0.1, 0.15) is 56.1 Å². The third-order valence-corrected chi connectivity index (χ3v) is 6.97. The van der Waals surface area contributed by atoms with E-state index in [1.165, 1.54) is 23.2 Å². The van der Waals surface area contributed by atoms with Gasteiger partial charge in [0.25, 0.3) is 0 Å². The van der Waals surface area contributed by atoms with Gasteiger partial charge in [-0.2, -0.15) is 0 Å². The largest absolute Gasteiger partial charge is 0.374 e. The summed E-state index contributed by atoms with van der Waals surface area (Å²) in [4.78, 5) is 27.0. The number of carbonyl (C=O) groups is 2. The van der Waals surface area contributed by atoms with E-state index in [1.807, 2.05) is 0 Å². The molecule has 0 radical (unpaired) electrons. The molecular formula is C24H35N3O3. The van der Waals surface area contributed by atoms with Crippen molar-refractivity contribution in [3.05, 3.63) is 29.3 Å². The molecule has 2 amide bonds. The Bertz CT molecular complexity index is 752. The van der Waals surface area contributed by atoms with Gasteiger partial charge in [0.15, 0.2) is 0 Å². The van der Waals surface area contributed by atoms with Gasteiger partial charge in [0.1, 0.15) is 6.10 Å². The minimum absolute atomic E-state index is 0.0311. The van der Waals surface area contributed by atoms with E-state index < -0.39 is 0 Å². The zero-order chi connectivity index (χ0) is 20.9. The topological polar surface area (TPSA) is 70.7 Å². The maximum Gasteiger partial charge on any atom is 0.249 e. The maximum atomic E-state index is 12.7. The van der Waals surface area contributed by atoms with Crippen molar-refractivity contribution in [3.8, 4) is 0 Å². The van der Waals surface area contributed by atoms with Crippen molar-refractivity contribution in [3.63, 3.8) is 0 Å². The number of carbonyl (C=O) groups excluding carboxylic acids is 2. The molecule has 1 saturated carbocycles. The van der Waals surface area contributed by atoms with Gasteiger partial charge in [-0.25, -0.2) is 0 Å². The van der Waals surface area contributed by atoms with Crippen LogP contribution in [0.25, 0.3) is 0 Å². The first-order valence-electron chi connectivity index (χ1n) is 11.6. The SMILES string of the molecule is CN1CCCc2cc(CNC(=O)C3CCC(CNC(=O)[C@@H]4CCCO4)CC3)ccc21. The van der Waals surface area contributed by atoms with E-state index in [2.05, 4.69) is 40.8 Å². The molecule has 2 aliphatic heterocycles. The zero-order valence-corrected chi connectivity index (χ0v) is 18.1. The van der Waals surface area contributed by atoms with Crippen LogP contribution in [-0.4, -0.2) is 44.7 Å². The molecule has 2 fully saturated rings. The highest BCUT2D eigenvalue weighted by Crippen LogP contribution is 2.29. The Morgan fingerprint density at radius 1 is 1.07 bits per heavy atom. The molecule has 2 N–H and O–H groups in total. The molecule has 0 spiro atoms. The van der Waals surface area contributed by atoms with Crippen LogP contribution in [0.2, 0.25) is 0 Å². The van der Waals surface area contributed by atoms with Gasteiger partial charge in [0.05, 0.1) is 0 Å². The van der Waals surface area contributed by atoms with Gasteiger partial charge in [0.2, 0.25) is 11.8 Å². The molecule has 1 aromatic rings. The van der Waals surface area contributed by atoms with Crippen LogP contribution in [0.5, 0.6) is 0 Å². The second-order valence-corrected chi connectivity index (χ2v) is 9.17. The number of rotatable bonds is 6. The van der Waals surface area contributed by atoms with Crippen molar-refractivity contribution in [2.45, 2.75) is 64.0 Å². The second-order valence-electron chi connectivity index (χ2n) is 9.17. The predicted octanol–water partition coefficient (Wildman–Crippen LogP) is 2.79. The highest BCUT2D eigenvalue weighted by atomic mass is 16.5. The van der Waals surface area contributed by atoms with Crippen LogP contribution in [0, 0.1) is 11.8 Å². The van der Waals surface area contributed by atoms with Crippen LogP contribution in [0.15, 0.2) is 18.2 Å². The fourth-order valence-electron chi connectivity index (χ4n) is 5.05. The lowest BCUT2D eigenvalue weighted by atomic mass is 9.81. The van der Waals surface area contributed by atoms with Crippen LogP contribution >= 0.6 is 0 Å². The highest BCUT2D eigenvalue weighted by Gasteiger charge is 2.28. The fraction of sp³-hybridized carbons (Fsp3) is 0.667. The van der Waals surface area contributed by atoms with Crippen LogP contribution in [0.4, 0.5) is 5.69 Å². The number of anilines is 1. The Morgan fingerprint density at radius 3 is 2.67 bits per heavy atom. The maximum absolute atomic E-state index is 12.7. The first kappa shape index (κ1) is 21.2. The molecule has 3 aliphatic rings. The van der Waals surface area contributed by atoms with Crippen LogP contribution < -0.4 is 15.5 Å². The van der Waals surface area contributed by atoms with E-state index in [9.17, 15) is 9.59 Å². The molecule has 30 heavy (non-hydrogen) atoms.